The third-order valence-corrected chi connectivity index (χ3v) is 2.25. The molecule has 0 amide bonds. The molecule has 0 spiro atoms. The average Bonchev–Trinajstić information content (AvgIpc) is 2.26. The van der Waals surface area contributed by atoms with Crippen LogP contribution in [-0.4, -0.2) is 13.2 Å². The number of hydrogen-bond donors (Lipinski definition) is 2. The van der Waals surface area contributed by atoms with E-state index in [0.717, 1.165) is 18.4 Å². The first-order chi connectivity index (χ1) is 7.63. The van der Waals surface area contributed by atoms with Crippen LogP contribution in [0.4, 0.5) is 8.78 Å². The fourth-order valence-corrected chi connectivity index (χ4v) is 1.40. The Balaban J connectivity index is 2.56. The maximum Gasteiger partial charge on any atom is 0.387 e. The molecule has 1 atom stereocenters. The van der Waals surface area contributed by atoms with Crippen molar-refractivity contribution in [2.75, 3.05) is 6.54 Å². The Labute approximate surface area is 93.4 Å². The normalized spacial score (nSPS) is 12.8. The molecule has 0 unspecified atom stereocenters. The van der Waals surface area contributed by atoms with Crippen LogP contribution in [-0.2, 0) is 0 Å². The summed E-state index contributed by atoms with van der Waals surface area (Å²) in [6, 6.07) is 6.26. The SMILES string of the molecule is NCCC[C@H](N)c1ccc(OC(F)F)cc1. The zero-order valence-corrected chi connectivity index (χ0v) is 8.90. The molecule has 0 aliphatic carbocycles. The van der Waals surface area contributed by atoms with Crippen molar-refractivity contribution >= 4 is 0 Å². The Hall–Kier alpha value is -1.20. The quantitative estimate of drug-likeness (QED) is 0.786. The van der Waals surface area contributed by atoms with Crippen LogP contribution in [0.15, 0.2) is 24.3 Å². The number of halogens is 2. The fourth-order valence-electron chi connectivity index (χ4n) is 1.40. The molecule has 3 nitrogen and oxygen atoms in total. The summed E-state index contributed by atoms with van der Waals surface area (Å²) in [7, 11) is 0. The minimum absolute atomic E-state index is 0.107. The van der Waals surface area contributed by atoms with Gasteiger partial charge < -0.3 is 16.2 Å². The molecule has 90 valence electrons. The van der Waals surface area contributed by atoms with Gasteiger partial charge in [0.05, 0.1) is 0 Å². The molecule has 0 heterocycles. The largest absolute Gasteiger partial charge is 0.435 e. The molecule has 0 saturated heterocycles. The second-order valence-corrected chi connectivity index (χ2v) is 3.48. The molecule has 16 heavy (non-hydrogen) atoms. The highest BCUT2D eigenvalue weighted by Gasteiger charge is 2.07. The van der Waals surface area contributed by atoms with Gasteiger partial charge in [-0.05, 0) is 37.1 Å². The standard InChI is InChI=1S/C11H16F2N2O/c12-11(13)16-9-5-3-8(4-6-9)10(15)2-1-7-14/h3-6,10-11H,1-2,7,14-15H2/t10-/m0/s1. The predicted octanol–water partition coefficient (Wildman–Crippen LogP) is 2.03. The number of hydrogen-bond acceptors (Lipinski definition) is 3. The zero-order valence-electron chi connectivity index (χ0n) is 8.90. The maximum absolute atomic E-state index is 11.9. The van der Waals surface area contributed by atoms with Crippen molar-refractivity contribution in [1.29, 1.82) is 0 Å². The molecule has 1 rings (SSSR count). The Kier molecular flexibility index (Phi) is 5.14. The second-order valence-electron chi connectivity index (χ2n) is 3.48. The molecule has 0 aromatic heterocycles. The first-order valence-electron chi connectivity index (χ1n) is 5.14. The summed E-state index contributed by atoms with van der Waals surface area (Å²) in [6.45, 7) is -2.20. The Morgan fingerprint density at radius 2 is 1.81 bits per heavy atom. The van der Waals surface area contributed by atoms with Crippen molar-refractivity contribution in [2.24, 2.45) is 11.5 Å². The first-order valence-corrected chi connectivity index (χ1v) is 5.14. The summed E-state index contributed by atoms with van der Waals surface area (Å²) in [5, 5.41) is 0. The highest BCUT2D eigenvalue weighted by Crippen LogP contribution is 2.20. The van der Waals surface area contributed by atoms with Gasteiger partial charge in [0, 0.05) is 6.04 Å². The zero-order chi connectivity index (χ0) is 12.0. The molecule has 1 aromatic rings. The number of benzene rings is 1. The van der Waals surface area contributed by atoms with Gasteiger partial charge >= 0.3 is 6.61 Å². The van der Waals surface area contributed by atoms with Crippen LogP contribution < -0.4 is 16.2 Å². The predicted molar refractivity (Wildman–Crippen MR) is 58.3 cm³/mol. The van der Waals surface area contributed by atoms with E-state index in [-0.39, 0.29) is 11.8 Å². The number of alkyl halides is 2. The van der Waals surface area contributed by atoms with E-state index in [0.29, 0.717) is 6.54 Å². The van der Waals surface area contributed by atoms with E-state index < -0.39 is 6.61 Å². The lowest BCUT2D eigenvalue weighted by Gasteiger charge is -2.12. The lowest BCUT2D eigenvalue weighted by Crippen LogP contribution is -2.12. The summed E-state index contributed by atoms with van der Waals surface area (Å²) in [4.78, 5) is 0. The molecule has 1 aromatic carbocycles. The molecule has 0 bridgehead atoms. The monoisotopic (exact) mass is 230 g/mol. The van der Waals surface area contributed by atoms with E-state index >= 15 is 0 Å². The van der Waals surface area contributed by atoms with Crippen LogP contribution in [0.25, 0.3) is 0 Å². The molecular formula is C11H16F2N2O. The van der Waals surface area contributed by atoms with E-state index in [1.54, 1.807) is 12.1 Å². The van der Waals surface area contributed by atoms with Crippen molar-refractivity contribution in [2.45, 2.75) is 25.5 Å². The average molecular weight is 230 g/mol. The van der Waals surface area contributed by atoms with Crippen LogP contribution >= 0.6 is 0 Å². The van der Waals surface area contributed by atoms with Crippen LogP contribution in [0.2, 0.25) is 0 Å². The van der Waals surface area contributed by atoms with Crippen molar-refractivity contribution in [3.63, 3.8) is 0 Å². The molecule has 0 aliphatic rings. The molecular weight excluding hydrogens is 214 g/mol. The first kappa shape index (κ1) is 12.9. The minimum atomic E-state index is -2.79. The van der Waals surface area contributed by atoms with Gasteiger partial charge in [0.15, 0.2) is 0 Å². The number of rotatable bonds is 6. The van der Waals surface area contributed by atoms with E-state index in [4.69, 9.17) is 11.5 Å². The van der Waals surface area contributed by atoms with E-state index in [1.165, 1.54) is 12.1 Å². The van der Waals surface area contributed by atoms with Gasteiger partial charge in [0.25, 0.3) is 0 Å². The summed E-state index contributed by atoms with van der Waals surface area (Å²) in [5.41, 5.74) is 12.2. The van der Waals surface area contributed by atoms with Crippen molar-refractivity contribution in [1.82, 2.24) is 0 Å². The van der Waals surface area contributed by atoms with Crippen LogP contribution in [0, 0.1) is 0 Å². The second kappa shape index (κ2) is 6.40. The number of nitrogens with two attached hydrogens (primary N) is 2. The van der Waals surface area contributed by atoms with Gasteiger partial charge in [0.2, 0.25) is 0 Å². The lowest BCUT2D eigenvalue weighted by atomic mass is 10.0. The highest BCUT2D eigenvalue weighted by molar-refractivity contribution is 5.29. The molecule has 0 aliphatic heterocycles. The van der Waals surface area contributed by atoms with Gasteiger partial charge in [-0.15, -0.1) is 0 Å². The lowest BCUT2D eigenvalue weighted by molar-refractivity contribution is -0.0498. The van der Waals surface area contributed by atoms with Crippen LogP contribution in [0.3, 0.4) is 0 Å². The summed E-state index contributed by atoms with van der Waals surface area (Å²) >= 11 is 0. The van der Waals surface area contributed by atoms with Crippen molar-refractivity contribution in [3.8, 4) is 5.75 Å². The topological polar surface area (TPSA) is 61.3 Å². The van der Waals surface area contributed by atoms with E-state index in [1.807, 2.05) is 0 Å². The van der Waals surface area contributed by atoms with Gasteiger partial charge in [-0.2, -0.15) is 8.78 Å². The minimum Gasteiger partial charge on any atom is -0.435 e. The van der Waals surface area contributed by atoms with Crippen LogP contribution in [0.1, 0.15) is 24.4 Å². The van der Waals surface area contributed by atoms with Gasteiger partial charge in [-0.3, -0.25) is 0 Å². The Morgan fingerprint density at radius 1 is 1.19 bits per heavy atom. The Bertz CT molecular complexity index is 303. The Morgan fingerprint density at radius 3 is 2.31 bits per heavy atom. The van der Waals surface area contributed by atoms with Gasteiger partial charge in [-0.25, -0.2) is 0 Å². The molecule has 0 fully saturated rings. The summed E-state index contributed by atoms with van der Waals surface area (Å²) < 4.78 is 28.0. The van der Waals surface area contributed by atoms with Gasteiger partial charge in [0.1, 0.15) is 5.75 Å². The molecule has 4 N–H and O–H groups in total. The third-order valence-electron chi connectivity index (χ3n) is 2.25. The highest BCUT2D eigenvalue weighted by atomic mass is 19.3. The summed E-state index contributed by atoms with van der Waals surface area (Å²) in [5.74, 6) is 0.143. The molecule has 5 heteroatoms. The van der Waals surface area contributed by atoms with Crippen molar-refractivity contribution < 1.29 is 13.5 Å². The maximum atomic E-state index is 11.9. The van der Waals surface area contributed by atoms with E-state index in [2.05, 4.69) is 4.74 Å². The third kappa shape index (κ3) is 4.12. The van der Waals surface area contributed by atoms with Crippen molar-refractivity contribution in [3.05, 3.63) is 29.8 Å². The molecule has 0 saturated carbocycles. The van der Waals surface area contributed by atoms with Crippen LogP contribution in [0.5, 0.6) is 5.75 Å². The van der Waals surface area contributed by atoms with Gasteiger partial charge in [-0.1, -0.05) is 12.1 Å². The summed E-state index contributed by atoms with van der Waals surface area (Å²) in [6.07, 6.45) is 1.63. The smallest absolute Gasteiger partial charge is 0.387 e. The van der Waals surface area contributed by atoms with E-state index in [9.17, 15) is 8.78 Å². The molecule has 0 radical (unpaired) electrons. The number of ether oxygens (including phenoxy) is 1. The fraction of sp³-hybridized carbons (Fsp3) is 0.455.